The number of aliphatic carboxylic acids is 1. The lowest BCUT2D eigenvalue weighted by Gasteiger charge is -2.21. The number of aliphatic hydroxyl groups is 1. The standard InChI is InChI=1S/C24H40O4/c1-3-5-8-12-20(11-4-2)22(25)17-15-19-16-18-23(26)21(19)13-9-6-7-10-14-24(27)28/h6-7,15,17,19-22,25H,3-5,8-14,16,18H2,1-2H3,(H,27,28)/b7-6-,17-15?/t19-,20?,21+,22?/m1/s1. The fourth-order valence-corrected chi connectivity index (χ4v) is 4.18. The fourth-order valence-electron chi connectivity index (χ4n) is 4.18. The Balaban J connectivity index is 2.51. The summed E-state index contributed by atoms with van der Waals surface area (Å²) < 4.78 is 0. The molecular formula is C24H40O4. The van der Waals surface area contributed by atoms with Crippen LogP contribution in [0.4, 0.5) is 0 Å². The second-order valence-corrected chi connectivity index (χ2v) is 8.18. The van der Waals surface area contributed by atoms with Crippen LogP contribution in [0.3, 0.4) is 0 Å². The molecule has 4 atom stereocenters. The summed E-state index contributed by atoms with van der Waals surface area (Å²) in [6, 6.07) is 0. The fraction of sp³-hybridized carbons (Fsp3) is 0.750. The topological polar surface area (TPSA) is 74.6 Å². The number of hydrogen-bond donors (Lipinski definition) is 2. The molecule has 0 aromatic rings. The van der Waals surface area contributed by atoms with Crippen molar-refractivity contribution < 1.29 is 19.8 Å². The summed E-state index contributed by atoms with van der Waals surface area (Å²) >= 11 is 0. The van der Waals surface area contributed by atoms with Gasteiger partial charge < -0.3 is 10.2 Å². The van der Waals surface area contributed by atoms with Gasteiger partial charge in [0.1, 0.15) is 5.78 Å². The number of rotatable bonds is 15. The zero-order valence-corrected chi connectivity index (χ0v) is 17.8. The summed E-state index contributed by atoms with van der Waals surface area (Å²) in [5.74, 6) is 0.136. The largest absolute Gasteiger partial charge is 0.481 e. The van der Waals surface area contributed by atoms with Crippen LogP contribution in [0.5, 0.6) is 0 Å². The molecule has 0 saturated heterocycles. The van der Waals surface area contributed by atoms with Crippen molar-refractivity contribution >= 4 is 11.8 Å². The number of ketones is 1. The zero-order valence-electron chi connectivity index (χ0n) is 17.8. The minimum absolute atomic E-state index is 0.0392. The first-order chi connectivity index (χ1) is 13.5. The van der Waals surface area contributed by atoms with Crippen LogP contribution in [-0.4, -0.2) is 28.1 Å². The molecule has 0 aliphatic heterocycles. The Kier molecular flexibility index (Phi) is 12.8. The second-order valence-electron chi connectivity index (χ2n) is 8.18. The summed E-state index contributed by atoms with van der Waals surface area (Å²) in [4.78, 5) is 22.8. The van der Waals surface area contributed by atoms with Crippen LogP contribution in [0.15, 0.2) is 24.3 Å². The molecule has 28 heavy (non-hydrogen) atoms. The van der Waals surface area contributed by atoms with Crippen molar-refractivity contribution in [3.05, 3.63) is 24.3 Å². The molecule has 2 N–H and O–H groups in total. The van der Waals surface area contributed by atoms with Gasteiger partial charge in [-0.2, -0.15) is 0 Å². The maximum absolute atomic E-state index is 12.3. The van der Waals surface area contributed by atoms with Crippen molar-refractivity contribution in [3.8, 4) is 0 Å². The van der Waals surface area contributed by atoms with Gasteiger partial charge in [-0.3, -0.25) is 9.59 Å². The third kappa shape index (κ3) is 9.68. The van der Waals surface area contributed by atoms with E-state index in [0.717, 1.165) is 38.5 Å². The Labute approximate surface area is 171 Å². The van der Waals surface area contributed by atoms with E-state index in [2.05, 4.69) is 19.9 Å². The quantitative estimate of drug-likeness (QED) is 0.277. The number of Topliss-reactive ketones (excluding diaryl/α,β-unsaturated/α-hetero) is 1. The van der Waals surface area contributed by atoms with Crippen molar-refractivity contribution in [1.29, 1.82) is 0 Å². The van der Waals surface area contributed by atoms with Gasteiger partial charge in [-0.05, 0) is 50.4 Å². The van der Waals surface area contributed by atoms with Crippen LogP contribution in [0, 0.1) is 17.8 Å². The van der Waals surface area contributed by atoms with Gasteiger partial charge in [0.15, 0.2) is 0 Å². The van der Waals surface area contributed by atoms with Gasteiger partial charge in [-0.25, -0.2) is 0 Å². The molecule has 1 aliphatic rings. The molecule has 0 aromatic carbocycles. The predicted molar refractivity (Wildman–Crippen MR) is 114 cm³/mol. The molecule has 4 heteroatoms. The van der Waals surface area contributed by atoms with Crippen LogP contribution >= 0.6 is 0 Å². The molecular weight excluding hydrogens is 352 g/mol. The van der Waals surface area contributed by atoms with E-state index in [4.69, 9.17) is 5.11 Å². The number of aliphatic hydroxyl groups excluding tert-OH is 1. The van der Waals surface area contributed by atoms with E-state index in [1.54, 1.807) is 0 Å². The lowest BCUT2D eigenvalue weighted by molar-refractivity contribution is -0.136. The molecule has 0 bridgehead atoms. The molecule has 0 aromatic heterocycles. The molecule has 1 saturated carbocycles. The van der Waals surface area contributed by atoms with Crippen molar-refractivity contribution in [1.82, 2.24) is 0 Å². The summed E-state index contributed by atoms with van der Waals surface area (Å²) in [6.07, 6.45) is 18.1. The first-order valence-corrected chi connectivity index (χ1v) is 11.2. The van der Waals surface area contributed by atoms with E-state index in [1.807, 2.05) is 18.2 Å². The molecule has 4 nitrogen and oxygen atoms in total. The summed E-state index contributed by atoms with van der Waals surface area (Å²) in [5, 5.41) is 19.3. The van der Waals surface area contributed by atoms with Gasteiger partial charge >= 0.3 is 5.97 Å². The number of unbranched alkanes of at least 4 members (excludes halogenated alkanes) is 2. The number of carbonyl (C=O) groups is 2. The van der Waals surface area contributed by atoms with Crippen LogP contribution in [-0.2, 0) is 9.59 Å². The SMILES string of the molecule is CCCCCC(CCC)C(O)C=C[C@@H]1CCC(=O)[C@H]1CC/C=C\CCC(=O)O. The van der Waals surface area contributed by atoms with Crippen LogP contribution in [0.1, 0.15) is 90.9 Å². The Bertz CT molecular complexity index is 509. The lowest BCUT2D eigenvalue weighted by Crippen LogP contribution is -2.19. The summed E-state index contributed by atoms with van der Waals surface area (Å²) in [7, 11) is 0. The lowest BCUT2D eigenvalue weighted by atomic mass is 9.87. The number of carbonyl (C=O) groups excluding carboxylic acids is 1. The second kappa shape index (κ2) is 14.6. The minimum Gasteiger partial charge on any atom is -0.481 e. The first kappa shape index (κ1) is 24.6. The molecule has 1 rings (SSSR count). The van der Waals surface area contributed by atoms with E-state index in [0.29, 0.717) is 24.5 Å². The highest BCUT2D eigenvalue weighted by Gasteiger charge is 2.32. The smallest absolute Gasteiger partial charge is 0.303 e. The highest BCUT2D eigenvalue weighted by Crippen LogP contribution is 2.34. The van der Waals surface area contributed by atoms with Crippen molar-refractivity contribution in [3.63, 3.8) is 0 Å². The molecule has 160 valence electrons. The third-order valence-corrected chi connectivity index (χ3v) is 5.87. The van der Waals surface area contributed by atoms with E-state index in [1.165, 1.54) is 19.3 Å². The van der Waals surface area contributed by atoms with Gasteiger partial charge in [0, 0.05) is 18.8 Å². The number of hydrogen-bond acceptors (Lipinski definition) is 3. The average molecular weight is 393 g/mol. The van der Waals surface area contributed by atoms with Crippen LogP contribution in [0.25, 0.3) is 0 Å². The minimum atomic E-state index is -0.782. The maximum atomic E-state index is 12.3. The van der Waals surface area contributed by atoms with Crippen LogP contribution < -0.4 is 0 Å². The Morgan fingerprint density at radius 2 is 1.89 bits per heavy atom. The van der Waals surface area contributed by atoms with Crippen molar-refractivity contribution in [2.75, 3.05) is 0 Å². The van der Waals surface area contributed by atoms with Crippen molar-refractivity contribution in [2.24, 2.45) is 17.8 Å². The number of allylic oxidation sites excluding steroid dienone is 3. The third-order valence-electron chi connectivity index (χ3n) is 5.87. The van der Waals surface area contributed by atoms with Gasteiger partial charge in [-0.15, -0.1) is 0 Å². The summed E-state index contributed by atoms with van der Waals surface area (Å²) in [6.45, 7) is 4.36. The van der Waals surface area contributed by atoms with E-state index < -0.39 is 12.1 Å². The highest BCUT2D eigenvalue weighted by molar-refractivity contribution is 5.83. The highest BCUT2D eigenvalue weighted by atomic mass is 16.4. The predicted octanol–water partition coefficient (Wildman–Crippen LogP) is 5.70. The Morgan fingerprint density at radius 1 is 1.14 bits per heavy atom. The van der Waals surface area contributed by atoms with E-state index >= 15 is 0 Å². The van der Waals surface area contributed by atoms with E-state index in [9.17, 15) is 14.7 Å². The van der Waals surface area contributed by atoms with Crippen LogP contribution in [0.2, 0.25) is 0 Å². The Morgan fingerprint density at radius 3 is 2.57 bits per heavy atom. The van der Waals surface area contributed by atoms with Gasteiger partial charge in [0.2, 0.25) is 0 Å². The van der Waals surface area contributed by atoms with Gasteiger partial charge in [0.05, 0.1) is 6.10 Å². The van der Waals surface area contributed by atoms with Gasteiger partial charge in [0.25, 0.3) is 0 Å². The maximum Gasteiger partial charge on any atom is 0.303 e. The Hall–Kier alpha value is -1.42. The first-order valence-electron chi connectivity index (χ1n) is 11.2. The molecule has 1 fully saturated rings. The zero-order chi connectivity index (χ0) is 20.8. The number of carboxylic acid groups (broad SMARTS) is 1. The van der Waals surface area contributed by atoms with Crippen molar-refractivity contribution in [2.45, 2.75) is 97.0 Å². The monoisotopic (exact) mass is 392 g/mol. The normalized spacial score (nSPS) is 22.3. The average Bonchev–Trinajstić information content (AvgIpc) is 3.01. The molecule has 0 spiro atoms. The molecule has 1 aliphatic carbocycles. The summed E-state index contributed by atoms with van der Waals surface area (Å²) in [5.41, 5.74) is 0. The molecule has 2 unspecified atom stereocenters. The molecule has 0 radical (unpaired) electrons. The number of carboxylic acids is 1. The molecule has 0 heterocycles. The van der Waals surface area contributed by atoms with E-state index in [-0.39, 0.29) is 18.3 Å². The van der Waals surface area contributed by atoms with Gasteiger partial charge in [-0.1, -0.05) is 63.8 Å². The molecule has 0 amide bonds.